The van der Waals surface area contributed by atoms with Crippen molar-refractivity contribution in [3.63, 3.8) is 0 Å². The Hall–Kier alpha value is -1.98. The van der Waals surface area contributed by atoms with Gasteiger partial charge in [0.15, 0.2) is 0 Å². The molecule has 1 aliphatic rings. The number of hydrogen-bond donors (Lipinski definition) is 2. The van der Waals surface area contributed by atoms with E-state index in [1.54, 1.807) is 12.1 Å². The van der Waals surface area contributed by atoms with E-state index in [0.717, 1.165) is 6.26 Å². The Balaban J connectivity index is 2.38. The Morgan fingerprint density at radius 3 is 2.35 bits per heavy atom. The van der Waals surface area contributed by atoms with Gasteiger partial charge >= 0.3 is 6.09 Å². The average molecular weight is 394 g/mol. The maximum atomic E-state index is 14.7. The number of rotatable bonds is 6. The molecule has 26 heavy (non-hydrogen) atoms. The number of aliphatic hydroxyl groups is 1. The SMILES string of the molecule is COc1ccc(CN([C@@H]2CN(C(=O)O)[C@H](CO)C2(F)F)S(C)(=O)=O)cc1. The first-order valence-electron chi connectivity index (χ1n) is 7.60. The Morgan fingerprint density at radius 1 is 1.38 bits per heavy atom. The maximum Gasteiger partial charge on any atom is 0.407 e. The monoisotopic (exact) mass is 394 g/mol. The minimum Gasteiger partial charge on any atom is -0.497 e. The van der Waals surface area contributed by atoms with Crippen LogP contribution in [-0.2, 0) is 16.6 Å². The molecule has 0 unspecified atom stereocenters. The highest BCUT2D eigenvalue weighted by molar-refractivity contribution is 7.88. The standard InChI is InChI=1S/C15H20F2N2O6S/c1-25-11-5-3-10(4-6-11)7-19(26(2,23)24)12-8-18(14(21)22)13(9-20)15(12,16)17/h3-6,12-13,20H,7-9H2,1-2H3,(H,21,22)/t12-,13-/m1/s1. The Labute approximate surface area is 149 Å². The van der Waals surface area contributed by atoms with Crippen molar-refractivity contribution in [3.8, 4) is 5.75 Å². The van der Waals surface area contributed by atoms with E-state index in [1.807, 2.05) is 0 Å². The molecule has 0 saturated carbocycles. The van der Waals surface area contributed by atoms with Crippen LogP contribution in [0.3, 0.4) is 0 Å². The fraction of sp³-hybridized carbons (Fsp3) is 0.533. The Morgan fingerprint density at radius 2 is 1.96 bits per heavy atom. The predicted molar refractivity (Wildman–Crippen MR) is 87.7 cm³/mol. The number of alkyl halides is 2. The molecule has 1 aliphatic heterocycles. The topological polar surface area (TPSA) is 107 Å². The number of aliphatic hydroxyl groups excluding tert-OH is 1. The molecule has 2 N–H and O–H groups in total. The number of ether oxygens (including phenoxy) is 1. The van der Waals surface area contributed by atoms with Gasteiger partial charge in [0, 0.05) is 13.1 Å². The fourth-order valence-electron chi connectivity index (χ4n) is 2.95. The van der Waals surface area contributed by atoms with Gasteiger partial charge in [0.1, 0.15) is 17.8 Å². The second-order valence-corrected chi connectivity index (χ2v) is 7.91. The summed E-state index contributed by atoms with van der Waals surface area (Å²) in [6, 6.07) is 2.24. The number of methoxy groups -OCH3 is 1. The predicted octanol–water partition coefficient (Wildman–Crippen LogP) is 0.815. The molecule has 0 aromatic heterocycles. The van der Waals surface area contributed by atoms with Gasteiger partial charge in [-0.1, -0.05) is 12.1 Å². The van der Waals surface area contributed by atoms with Crippen molar-refractivity contribution in [2.75, 3.05) is 26.5 Å². The van der Waals surface area contributed by atoms with Crippen molar-refractivity contribution < 1.29 is 36.9 Å². The van der Waals surface area contributed by atoms with Gasteiger partial charge in [-0.2, -0.15) is 4.31 Å². The van der Waals surface area contributed by atoms with Crippen molar-refractivity contribution >= 4 is 16.1 Å². The van der Waals surface area contributed by atoms with Crippen LogP contribution in [0, 0.1) is 0 Å². The van der Waals surface area contributed by atoms with Crippen LogP contribution in [0.5, 0.6) is 5.75 Å². The van der Waals surface area contributed by atoms with Crippen LogP contribution in [0.15, 0.2) is 24.3 Å². The van der Waals surface area contributed by atoms with Gasteiger partial charge in [0.05, 0.1) is 20.0 Å². The van der Waals surface area contributed by atoms with E-state index < -0.39 is 47.3 Å². The Kier molecular flexibility index (Phi) is 5.73. The molecule has 146 valence electrons. The number of halogens is 2. The molecule has 1 aromatic rings. The highest BCUT2D eigenvalue weighted by Gasteiger charge is 2.61. The minimum atomic E-state index is -4.09. The summed E-state index contributed by atoms with van der Waals surface area (Å²) in [5.41, 5.74) is 0.432. The zero-order valence-corrected chi connectivity index (χ0v) is 15.0. The number of amides is 1. The van der Waals surface area contributed by atoms with Gasteiger partial charge in [0.25, 0.3) is 5.92 Å². The van der Waals surface area contributed by atoms with E-state index in [2.05, 4.69) is 0 Å². The highest BCUT2D eigenvalue weighted by Crippen LogP contribution is 2.38. The lowest BCUT2D eigenvalue weighted by molar-refractivity contribution is -0.0769. The van der Waals surface area contributed by atoms with Crippen LogP contribution in [0.25, 0.3) is 0 Å². The van der Waals surface area contributed by atoms with Crippen molar-refractivity contribution in [2.45, 2.75) is 24.6 Å². The highest BCUT2D eigenvalue weighted by atomic mass is 32.2. The largest absolute Gasteiger partial charge is 0.497 e. The van der Waals surface area contributed by atoms with Gasteiger partial charge in [-0.05, 0) is 17.7 Å². The van der Waals surface area contributed by atoms with Crippen molar-refractivity contribution in [2.24, 2.45) is 0 Å². The van der Waals surface area contributed by atoms with Crippen molar-refractivity contribution in [3.05, 3.63) is 29.8 Å². The molecular weight excluding hydrogens is 374 g/mol. The third-order valence-corrected chi connectivity index (χ3v) is 5.56. The van der Waals surface area contributed by atoms with Gasteiger partial charge in [0.2, 0.25) is 10.0 Å². The molecule has 1 heterocycles. The molecule has 1 aromatic carbocycles. The number of nitrogens with zero attached hydrogens (tertiary/aromatic N) is 2. The molecule has 8 nitrogen and oxygen atoms in total. The van der Waals surface area contributed by atoms with Crippen molar-refractivity contribution in [1.82, 2.24) is 9.21 Å². The number of sulfonamides is 1. The number of hydrogen-bond acceptors (Lipinski definition) is 5. The molecule has 0 spiro atoms. The first-order chi connectivity index (χ1) is 12.0. The van der Waals surface area contributed by atoms with Crippen LogP contribution >= 0.6 is 0 Å². The van der Waals surface area contributed by atoms with Crippen LogP contribution in [0.1, 0.15) is 5.56 Å². The van der Waals surface area contributed by atoms with E-state index in [-0.39, 0.29) is 6.54 Å². The second kappa shape index (κ2) is 7.33. The van der Waals surface area contributed by atoms with E-state index in [0.29, 0.717) is 20.5 Å². The van der Waals surface area contributed by atoms with Gasteiger partial charge < -0.3 is 14.9 Å². The lowest BCUT2D eigenvalue weighted by Gasteiger charge is -2.31. The molecule has 11 heteroatoms. The lowest BCUT2D eigenvalue weighted by Crippen LogP contribution is -2.52. The molecule has 2 rings (SSSR count). The van der Waals surface area contributed by atoms with Crippen LogP contribution < -0.4 is 4.74 Å². The maximum absolute atomic E-state index is 14.7. The van der Waals surface area contributed by atoms with Gasteiger partial charge in [-0.25, -0.2) is 22.0 Å². The third-order valence-electron chi connectivity index (χ3n) is 4.32. The average Bonchev–Trinajstić information content (AvgIpc) is 2.82. The lowest BCUT2D eigenvalue weighted by atomic mass is 10.1. The zero-order chi connectivity index (χ0) is 19.7. The quantitative estimate of drug-likeness (QED) is 0.740. The van der Waals surface area contributed by atoms with Crippen LogP contribution in [-0.4, -0.2) is 78.5 Å². The minimum absolute atomic E-state index is 0.366. The summed E-state index contributed by atoms with van der Waals surface area (Å²) in [5, 5.41) is 18.3. The van der Waals surface area contributed by atoms with E-state index >= 15 is 0 Å². The van der Waals surface area contributed by atoms with Crippen molar-refractivity contribution in [1.29, 1.82) is 0 Å². The third kappa shape index (κ3) is 3.89. The molecule has 0 aliphatic carbocycles. The summed E-state index contributed by atoms with van der Waals surface area (Å²) in [5.74, 6) is -3.23. The molecule has 1 saturated heterocycles. The summed E-state index contributed by atoms with van der Waals surface area (Å²) in [7, 11) is -2.64. The fourth-order valence-corrected chi connectivity index (χ4v) is 4.00. The van der Waals surface area contributed by atoms with E-state index in [1.165, 1.54) is 19.2 Å². The number of likely N-dealkylation sites (tertiary alicyclic amines) is 1. The van der Waals surface area contributed by atoms with Crippen LogP contribution in [0.2, 0.25) is 0 Å². The molecule has 1 fully saturated rings. The number of benzene rings is 1. The molecule has 0 bridgehead atoms. The summed E-state index contributed by atoms with van der Waals surface area (Å²) in [6.07, 6.45) is -0.867. The smallest absolute Gasteiger partial charge is 0.407 e. The number of carboxylic acid groups (broad SMARTS) is 1. The summed E-state index contributed by atoms with van der Waals surface area (Å²) in [4.78, 5) is 11.6. The zero-order valence-electron chi connectivity index (χ0n) is 14.2. The van der Waals surface area contributed by atoms with E-state index in [4.69, 9.17) is 9.84 Å². The van der Waals surface area contributed by atoms with Gasteiger partial charge in [-0.15, -0.1) is 0 Å². The summed E-state index contributed by atoms with van der Waals surface area (Å²) < 4.78 is 59.2. The van der Waals surface area contributed by atoms with E-state index in [9.17, 15) is 27.1 Å². The molecule has 1 amide bonds. The first kappa shape index (κ1) is 20.3. The normalized spacial score (nSPS) is 22.6. The second-order valence-electron chi connectivity index (χ2n) is 5.98. The molecular formula is C15H20F2N2O6S. The molecule has 2 atom stereocenters. The Bertz CT molecular complexity index is 756. The van der Waals surface area contributed by atoms with Crippen LogP contribution in [0.4, 0.5) is 13.6 Å². The first-order valence-corrected chi connectivity index (χ1v) is 9.45. The summed E-state index contributed by atoms with van der Waals surface area (Å²) in [6.45, 7) is -2.22. The number of carbonyl (C=O) groups is 1. The molecule has 0 radical (unpaired) electrons. The van der Waals surface area contributed by atoms with Gasteiger partial charge in [-0.3, -0.25) is 4.90 Å². The summed E-state index contributed by atoms with van der Waals surface area (Å²) >= 11 is 0.